The molecule has 2 aromatic rings. The van der Waals surface area contributed by atoms with Crippen LogP contribution in [0.4, 0.5) is 0 Å². The van der Waals surface area contributed by atoms with Crippen molar-refractivity contribution in [1.29, 1.82) is 0 Å². The standard InChI is InChI=1S/C15H17NOS/c1-10-4-2-5-11(8-10)9-14-16-12-6-3-7-13(17)15(12)18-14/h2,4-5,8,13,17H,3,6-7,9H2,1H3. The SMILES string of the molecule is Cc1cccc(Cc2nc3c(s2)C(O)CCC3)c1. The first-order valence-electron chi connectivity index (χ1n) is 6.44. The molecule has 0 spiro atoms. The summed E-state index contributed by atoms with van der Waals surface area (Å²) in [5.74, 6) is 0. The highest BCUT2D eigenvalue weighted by molar-refractivity contribution is 7.11. The van der Waals surface area contributed by atoms with Crippen molar-refractivity contribution in [1.82, 2.24) is 4.98 Å². The number of aryl methyl sites for hydroxylation is 2. The van der Waals surface area contributed by atoms with Gasteiger partial charge in [0.05, 0.1) is 21.7 Å². The van der Waals surface area contributed by atoms with E-state index in [-0.39, 0.29) is 6.10 Å². The Bertz CT molecular complexity index is 561. The minimum absolute atomic E-state index is 0.280. The minimum Gasteiger partial charge on any atom is -0.388 e. The van der Waals surface area contributed by atoms with Gasteiger partial charge in [0, 0.05) is 6.42 Å². The van der Waals surface area contributed by atoms with Crippen molar-refractivity contribution in [2.75, 3.05) is 0 Å². The van der Waals surface area contributed by atoms with Gasteiger partial charge in [0.2, 0.25) is 0 Å². The Labute approximate surface area is 111 Å². The van der Waals surface area contributed by atoms with Gasteiger partial charge >= 0.3 is 0 Å². The zero-order valence-corrected chi connectivity index (χ0v) is 11.3. The lowest BCUT2D eigenvalue weighted by atomic mass is 10.0. The molecule has 1 N–H and O–H groups in total. The monoisotopic (exact) mass is 259 g/mol. The average molecular weight is 259 g/mol. The van der Waals surface area contributed by atoms with Crippen LogP contribution in [0.3, 0.4) is 0 Å². The maximum atomic E-state index is 9.96. The molecule has 0 radical (unpaired) electrons. The highest BCUT2D eigenvalue weighted by Crippen LogP contribution is 2.34. The van der Waals surface area contributed by atoms with E-state index in [1.54, 1.807) is 11.3 Å². The van der Waals surface area contributed by atoms with Gasteiger partial charge in [0.1, 0.15) is 0 Å². The Morgan fingerprint density at radius 1 is 1.44 bits per heavy atom. The first-order valence-corrected chi connectivity index (χ1v) is 7.26. The van der Waals surface area contributed by atoms with E-state index in [2.05, 4.69) is 36.2 Å². The van der Waals surface area contributed by atoms with Crippen molar-refractivity contribution in [3.8, 4) is 0 Å². The molecule has 1 aromatic heterocycles. The number of hydrogen-bond donors (Lipinski definition) is 1. The van der Waals surface area contributed by atoms with Crippen LogP contribution in [0.2, 0.25) is 0 Å². The molecule has 0 saturated heterocycles. The smallest absolute Gasteiger partial charge is 0.0975 e. The van der Waals surface area contributed by atoms with Gasteiger partial charge in [-0.05, 0) is 31.7 Å². The zero-order chi connectivity index (χ0) is 12.5. The number of aliphatic hydroxyl groups excluding tert-OH is 1. The van der Waals surface area contributed by atoms with Gasteiger partial charge in [0.15, 0.2) is 0 Å². The third-order valence-corrected chi connectivity index (χ3v) is 4.60. The number of thiazole rings is 1. The molecule has 0 fully saturated rings. The van der Waals surface area contributed by atoms with E-state index in [0.717, 1.165) is 41.3 Å². The molecule has 1 aliphatic carbocycles. The molecule has 0 aliphatic heterocycles. The molecule has 1 unspecified atom stereocenters. The molecule has 1 heterocycles. The molecule has 3 rings (SSSR count). The number of rotatable bonds is 2. The fourth-order valence-electron chi connectivity index (χ4n) is 2.52. The summed E-state index contributed by atoms with van der Waals surface area (Å²) in [5, 5.41) is 11.1. The first kappa shape index (κ1) is 11.9. The fraction of sp³-hybridized carbons (Fsp3) is 0.400. The lowest BCUT2D eigenvalue weighted by molar-refractivity contribution is 0.160. The quantitative estimate of drug-likeness (QED) is 0.896. The predicted octanol–water partition coefficient (Wildman–Crippen LogP) is 3.41. The molecule has 3 heteroatoms. The highest BCUT2D eigenvalue weighted by Gasteiger charge is 2.22. The summed E-state index contributed by atoms with van der Waals surface area (Å²) >= 11 is 1.68. The first-order chi connectivity index (χ1) is 8.72. The second-order valence-corrected chi connectivity index (χ2v) is 6.11. The van der Waals surface area contributed by atoms with Crippen molar-refractivity contribution in [3.63, 3.8) is 0 Å². The van der Waals surface area contributed by atoms with Crippen molar-refractivity contribution in [2.24, 2.45) is 0 Å². The van der Waals surface area contributed by atoms with Crippen molar-refractivity contribution < 1.29 is 5.11 Å². The summed E-state index contributed by atoms with van der Waals surface area (Å²) in [4.78, 5) is 5.79. The number of aromatic nitrogens is 1. The Morgan fingerprint density at radius 3 is 3.11 bits per heavy atom. The molecule has 1 aliphatic rings. The van der Waals surface area contributed by atoms with Crippen molar-refractivity contribution in [3.05, 3.63) is 51.0 Å². The topological polar surface area (TPSA) is 33.1 Å². The number of aliphatic hydroxyl groups is 1. The molecule has 0 bridgehead atoms. The number of fused-ring (bicyclic) bond motifs is 1. The van der Waals surface area contributed by atoms with Crippen LogP contribution in [0, 0.1) is 6.92 Å². The summed E-state index contributed by atoms with van der Waals surface area (Å²) in [5.41, 5.74) is 3.71. The van der Waals surface area contributed by atoms with Crippen LogP contribution in [-0.2, 0) is 12.8 Å². The third-order valence-electron chi connectivity index (χ3n) is 3.40. The molecule has 0 saturated carbocycles. The Morgan fingerprint density at radius 2 is 2.33 bits per heavy atom. The molecule has 1 atom stereocenters. The second-order valence-electron chi connectivity index (χ2n) is 4.99. The number of hydrogen-bond acceptors (Lipinski definition) is 3. The van der Waals surface area contributed by atoms with Crippen LogP contribution in [-0.4, -0.2) is 10.1 Å². The van der Waals surface area contributed by atoms with E-state index in [1.807, 2.05) is 0 Å². The largest absolute Gasteiger partial charge is 0.388 e. The predicted molar refractivity (Wildman–Crippen MR) is 74.0 cm³/mol. The lowest BCUT2D eigenvalue weighted by Gasteiger charge is -2.14. The van der Waals surface area contributed by atoms with Crippen LogP contribution in [0.15, 0.2) is 24.3 Å². The third kappa shape index (κ3) is 2.33. The lowest BCUT2D eigenvalue weighted by Crippen LogP contribution is -2.06. The summed E-state index contributed by atoms with van der Waals surface area (Å²) in [6.45, 7) is 2.11. The average Bonchev–Trinajstić information content (AvgIpc) is 2.73. The molecule has 2 nitrogen and oxygen atoms in total. The molecular formula is C15H17NOS. The van der Waals surface area contributed by atoms with E-state index in [9.17, 15) is 5.11 Å². The molecule has 1 aromatic carbocycles. The summed E-state index contributed by atoms with van der Waals surface area (Å²) < 4.78 is 0. The van der Waals surface area contributed by atoms with Gasteiger partial charge in [-0.1, -0.05) is 29.8 Å². The number of benzene rings is 1. The van der Waals surface area contributed by atoms with Crippen molar-refractivity contribution in [2.45, 2.75) is 38.7 Å². The van der Waals surface area contributed by atoms with Gasteiger partial charge in [-0.25, -0.2) is 4.98 Å². The Kier molecular flexibility index (Phi) is 3.18. The van der Waals surface area contributed by atoms with Gasteiger partial charge in [-0.2, -0.15) is 0 Å². The summed E-state index contributed by atoms with van der Waals surface area (Å²) in [6, 6.07) is 8.55. The molecule has 18 heavy (non-hydrogen) atoms. The molecular weight excluding hydrogens is 242 g/mol. The minimum atomic E-state index is -0.280. The fourth-order valence-corrected chi connectivity index (χ4v) is 3.69. The maximum Gasteiger partial charge on any atom is 0.0975 e. The van der Waals surface area contributed by atoms with Crippen LogP contribution < -0.4 is 0 Å². The summed E-state index contributed by atoms with van der Waals surface area (Å²) in [7, 11) is 0. The van der Waals surface area contributed by atoms with Crippen LogP contribution >= 0.6 is 11.3 Å². The van der Waals surface area contributed by atoms with E-state index in [1.165, 1.54) is 11.1 Å². The van der Waals surface area contributed by atoms with Gasteiger partial charge < -0.3 is 5.11 Å². The molecule has 0 amide bonds. The van der Waals surface area contributed by atoms with E-state index < -0.39 is 0 Å². The van der Waals surface area contributed by atoms with Crippen LogP contribution in [0.1, 0.15) is 45.7 Å². The van der Waals surface area contributed by atoms with Crippen molar-refractivity contribution >= 4 is 11.3 Å². The van der Waals surface area contributed by atoms with E-state index in [4.69, 9.17) is 0 Å². The summed E-state index contributed by atoms with van der Waals surface area (Å²) in [6.07, 6.45) is 3.57. The van der Waals surface area contributed by atoms with Gasteiger partial charge in [-0.15, -0.1) is 11.3 Å². The van der Waals surface area contributed by atoms with Gasteiger partial charge in [0.25, 0.3) is 0 Å². The number of nitrogens with zero attached hydrogens (tertiary/aromatic N) is 1. The van der Waals surface area contributed by atoms with Crippen LogP contribution in [0.5, 0.6) is 0 Å². The van der Waals surface area contributed by atoms with E-state index >= 15 is 0 Å². The Hall–Kier alpha value is -1.19. The normalized spacial score (nSPS) is 18.7. The highest BCUT2D eigenvalue weighted by atomic mass is 32.1. The van der Waals surface area contributed by atoms with Gasteiger partial charge in [-0.3, -0.25) is 0 Å². The maximum absolute atomic E-state index is 9.96. The van der Waals surface area contributed by atoms with Crippen LogP contribution in [0.25, 0.3) is 0 Å². The van der Waals surface area contributed by atoms with E-state index in [0.29, 0.717) is 0 Å². The second kappa shape index (κ2) is 4.82. The Balaban J connectivity index is 1.85. The molecule has 94 valence electrons. The zero-order valence-electron chi connectivity index (χ0n) is 10.5.